The zero-order valence-electron chi connectivity index (χ0n) is 10.9. The van der Waals surface area contributed by atoms with Crippen LogP contribution in [-0.4, -0.2) is 60.8 Å². The summed E-state index contributed by atoms with van der Waals surface area (Å²) in [6.07, 6.45) is 1.70. The maximum atomic E-state index is 12.1. The molecule has 0 aromatic carbocycles. The highest BCUT2D eigenvalue weighted by Gasteiger charge is 2.18. The van der Waals surface area contributed by atoms with Crippen LogP contribution in [0.15, 0.2) is 12.3 Å². The van der Waals surface area contributed by atoms with Crippen LogP contribution in [0.3, 0.4) is 0 Å². The van der Waals surface area contributed by atoms with E-state index in [0.717, 1.165) is 37.6 Å². The summed E-state index contributed by atoms with van der Waals surface area (Å²) in [5.74, 6) is 0.876. The highest BCUT2D eigenvalue weighted by Crippen LogP contribution is 2.09. The summed E-state index contributed by atoms with van der Waals surface area (Å²) in [6.45, 7) is 5.63. The van der Waals surface area contributed by atoms with Gasteiger partial charge >= 0.3 is 0 Å². The monoisotopic (exact) mass is 249 g/mol. The van der Waals surface area contributed by atoms with E-state index in [1.807, 2.05) is 29.8 Å². The van der Waals surface area contributed by atoms with Gasteiger partial charge in [-0.15, -0.1) is 5.10 Å². The summed E-state index contributed by atoms with van der Waals surface area (Å²) in [5.41, 5.74) is 1.04. The van der Waals surface area contributed by atoms with Crippen LogP contribution in [0.5, 0.6) is 0 Å². The fourth-order valence-electron chi connectivity index (χ4n) is 1.93. The number of piperazine rings is 1. The number of nitrogens with one attached hydrogen (secondary N) is 1. The van der Waals surface area contributed by atoms with Crippen molar-refractivity contribution in [3.05, 3.63) is 17.8 Å². The number of carbonyl (C=O) groups excluding carboxylic acids is 1. The molecule has 0 saturated carbocycles. The molecule has 1 fully saturated rings. The van der Waals surface area contributed by atoms with Gasteiger partial charge in [0.2, 0.25) is 5.91 Å². The van der Waals surface area contributed by atoms with Crippen LogP contribution in [0.2, 0.25) is 0 Å². The Bertz CT molecular complexity index is 417. The second-order valence-electron chi connectivity index (χ2n) is 4.58. The van der Waals surface area contributed by atoms with Crippen molar-refractivity contribution in [2.24, 2.45) is 0 Å². The van der Waals surface area contributed by atoms with Crippen LogP contribution < -0.4 is 10.2 Å². The largest absolute Gasteiger partial charge is 0.349 e. The first-order chi connectivity index (χ1) is 8.66. The third kappa shape index (κ3) is 3.16. The number of hydrogen-bond donors (Lipinski definition) is 1. The van der Waals surface area contributed by atoms with Gasteiger partial charge in [0.1, 0.15) is 0 Å². The minimum Gasteiger partial charge on any atom is -0.349 e. The smallest absolute Gasteiger partial charge is 0.242 e. The molecule has 0 unspecified atom stereocenters. The van der Waals surface area contributed by atoms with E-state index in [1.165, 1.54) is 0 Å². The Balaban J connectivity index is 1.94. The maximum absolute atomic E-state index is 12.1. The normalized spacial score (nSPS) is 15.6. The van der Waals surface area contributed by atoms with Crippen molar-refractivity contribution >= 4 is 11.7 Å². The van der Waals surface area contributed by atoms with Gasteiger partial charge in [-0.05, 0) is 18.6 Å². The topological polar surface area (TPSA) is 61.4 Å². The van der Waals surface area contributed by atoms with E-state index in [4.69, 9.17) is 0 Å². The van der Waals surface area contributed by atoms with E-state index >= 15 is 0 Å². The molecule has 0 aliphatic carbocycles. The Morgan fingerprint density at radius 2 is 2.22 bits per heavy atom. The summed E-state index contributed by atoms with van der Waals surface area (Å²) >= 11 is 0. The first-order valence-electron chi connectivity index (χ1n) is 6.16. The second kappa shape index (κ2) is 5.77. The molecule has 98 valence electrons. The molecule has 0 spiro atoms. The molecule has 1 aromatic rings. The van der Waals surface area contributed by atoms with Gasteiger partial charge in [-0.1, -0.05) is 0 Å². The van der Waals surface area contributed by atoms with Crippen LogP contribution in [0.4, 0.5) is 5.82 Å². The molecule has 0 atom stereocenters. The summed E-state index contributed by atoms with van der Waals surface area (Å²) in [4.78, 5) is 15.8. The van der Waals surface area contributed by atoms with Crippen LogP contribution >= 0.6 is 0 Å². The number of likely N-dealkylation sites (N-methyl/N-ethyl adjacent to an activating group) is 1. The summed E-state index contributed by atoms with van der Waals surface area (Å²) in [5, 5.41) is 11.2. The third-order valence-corrected chi connectivity index (χ3v) is 3.01. The molecule has 0 radical (unpaired) electrons. The molecule has 1 amide bonds. The zero-order valence-corrected chi connectivity index (χ0v) is 10.9. The van der Waals surface area contributed by atoms with Crippen molar-refractivity contribution in [1.29, 1.82) is 0 Å². The lowest BCUT2D eigenvalue weighted by atomic mass is 10.3. The summed E-state index contributed by atoms with van der Waals surface area (Å²) in [7, 11) is 1.86. The predicted octanol–water partition coefficient (Wildman–Crippen LogP) is -0.347. The van der Waals surface area contributed by atoms with Crippen molar-refractivity contribution in [2.45, 2.75) is 6.92 Å². The molecule has 6 heteroatoms. The second-order valence-corrected chi connectivity index (χ2v) is 4.58. The number of hydrogen-bond acceptors (Lipinski definition) is 5. The highest BCUT2D eigenvalue weighted by molar-refractivity contribution is 5.81. The standard InChI is InChI=1S/C12H19N5O/c1-10-7-11(15-14-8-10)16(2)9-12(18)17-5-3-13-4-6-17/h7-8,13H,3-6,9H2,1-2H3. The van der Waals surface area contributed by atoms with Gasteiger partial charge in [0.05, 0.1) is 12.7 Å². The van der Waals surface area contributed by atoms with Gasteiger partial charge in [-0.2, -0.15) is 5.10 Å². The number of nitrogens with zero attached hydrogens (tertiary/aromatic N) is 4. The van der Waals surface area contributed by atoms with Gasteiger partial charge in [0.15, 0.2) is 5.82 Å². The third-order valence-electron chi connectivity index (χ3n) is 3.01. The summed E-state index contributed by atoms with van der Waals surface area (Å²) in [6, 6.07) is 1.93. The van der Waals surface area contributed by atoms with Gasteiger partial charge in [-0.25, -0.2) is 0 Å². The van der Waals surface area contributed by atoms with E-state index in [0.29, 0.717) is 6.54 Å². The Kier molecular flexibility index (Phi) is 4.09. The van der Waals surface area contributed by atoms with Crippen LogP contribution in [-0.2, 0) is 4.79 Å². The Morgan fingerprint density at radius 1 is 1.50 bits per heavy atom. The number of aromatic nitrogens is 2. The first-order valence-corrected chi connectivity index (χ1v) is 6.16. The molecule has 1 N–H and O–H groups in total. The lowest BCUT2D eigenvalue weighted by Crippen LogP contribution is -2.49. The van der Waals surface area contributed by atoms with Crippen molar-refractivity contribution in [3.8, 4) is 0 Å². The van der Waals surface area contributed by atoms with E-state index in [2.05, 4.69) is 15.5 Å². The molecule has 1 aromatic heterocycles. The van der Waals surface area contributed by atoms with E-state index in [9.17, 15) is 4.79 Å². The predicted molar refractivity (Wildman–Crippen MR) is 69.5 cm³/mol. The number of aryl methyl sites for hydroxylation is 1. The van der Waals surface area contributed by atoms with E-state index in [-0.39, 0.29) is 5.91 Å². The molecule has 1 aliphatic heterocycles. The van der Waals surface area contributed by atoms with Crippen LogP contribution in [0.1, 0.15) is 5.56 Å². The SMILES string of the molecule is Cc1cnnc(N(C)CC(=O)N2CCNCC2)c1. The quantitative estimate of drug-likeness (QED) is 0.793. The highest BCUT2D eigenvalue weighted by atomic mass is 16.2. The molecule has 0 bridgehead atoms. The fraction of sp³-hybridized carbons (Fsp3) is 0.583. The Labute approximate surface area is 107 Å². The molecular weight excluding hydrogens is 230 g/mol. The fourth-order valence-corrected chi connectivity index (χ4v) is 1.93. The number of carbonyl (C=O) groups is 1. The minimum absolute atomic E-state index is 0.141. The maximum Gasteiger partial charge on any atom is 0.242 e. The Morgan fingerprint density at radius 3 is 2.89 bits per heavy atom. The molecule has 6 nitrogen and oxygen atoms in total. The number of amides is 1. The van der Waals surface area contributed by atoms with Gasteiger partial charge < -0.3 is 15.1 Å². The lowest BCUT2D eigenvalue weighted by molar-refractivity contribution is -0.130. The molecule has 1 aliphatic rings. The average Bonchev–Trinajstić information content (AvgIpc) is 2.39. The van der Waals surface area contributed by atoms with E-state index < -0.39 is 0 Å². The summed E-state index contributed by atoms with van der Waals surface area (Å²) < 4.78 is 0. The van der Waals surface area contributed by atoms with Crippen LogP contribution in [0, 0.1) is 6.92 Å². The number of anilines is 1. The minimum atomic E-state index is 0.141. The van der Waals surface area contributed by atoms with Crippen molar-refractivity contribution in [2.75, 3.05) is 44.7 Å². The molecule has 18 heavy (non-hydrogen) atoms. The van der Waals surface area contributed by atoms with Gasteiger partial charge in [-0.3, -0.25) is 4.79 Å². The molecule has 1 saturated heterocycles. The van der Waals surface area contributed by atoms with Crippen molar-refractivity contribution in [3.63, 3.8) is 0 Å². The zero-order chi connectivity index (χ0) is 13.0. The lowest BCUT2D eigenvalue weighted by Gasteiger charge is -2.29. The Hall–Kier alpha value is -1.69. The number of rotatable bonds is 3. The van der Waals surface area contributed by atoms with Crippen molar-refractivity contribution < 1.29 is 4.79 Å². The van der Waals surface area contributed by atoms with Crippen molar-refractivity contribution in [1.82, 2.24) is 20.4 Å². The van der Waals surface area contributed by atoms with Gasteiger partial charge in [0, 0.05) is 33.2 Å². The average molecular weight is 249 g/mol. The first kappa shape index (κ1) is 12.8. The van der Waals surface area contributed by atoms with Crippen LogP contribution in [0.25, 0.3) is 0 Å². The van der Waals surface area contributed by atoms with Gasteiger partial charge in [0.25, 0.3) is 0 Å². The molecule has 2 heterocycles. The molecular formula is C12H19N5O. The molecule has 2 rings (SSSR count). The van der Waals surface area contributed by atoms with E-state index in [1.54, 1.807) is 6.20 Å².